The van der Waals surface area contributed by atoms with Gasteiger partial charge in [-0.3, -0.25) is 0 Å². The minimum absolute atomic E-state index is 0.339. The highest BCUT2D eigenvalue weighted by molar-refractivity contribution is 7.89. The summed E-state index contributed by atoms with van der Waals surface area (Å²) < 4.78 is 27.3. The predicted molar refractivity (Wildman–Crippen MR) is 120 cm³/mol. The summed E-state index contributed by atoms with van der Waals surface area (Å²) >= 11 is 13.7. The van der Waals surface area contributed by atoms with Crippen LogP contribution >= 0.6 is 34.5 Å². The molecule has 9 heteroatoms. The largest absolute Gasteiger partial charge is 0.345 e. The third kappa shape index (κ3) is 4.44. The molecule has 1 aliphatic rings. The first-order valence-corrected chi connectivity index (χ1v) is 12.1. The lowest BCUT2D eigenvalue weighted by atomic mass is 10.2. The summed E-state index contributed by atoms with van der Waals surface area (Å²) in [5.41, 5.74) is 2.71. The summed E-state index contributed by atoms with van der Waals surface area (Å²) in [5.74, 6) is 0. The van der Waals surface area contributed by atoms with Crippen molar-refractivity contribution in [1.82, 2.24) is 9.29 Å². The number of sulfonamides is 1. The number of rotatable bonds is 4. The third-order valence-corrected chi connectivity index (χ3v) is 8.07. The maximum Gasteiger partial charge on any atom is 0.243 e. The fraction of sp³-hybridized carbons (Fsp3) is 0.250. The van der Waals surface area contributed by atoms with E-state index >= 15 is 0 Å². The second-order valence-electron chi connectivity index (χ2n) is 6.88. The van der Waals surface area contributed by atoms with Gasteiger partial charge in [0.1, 0.15) is 0 Å². The van der Waals surface area contributed by atoms with Gasteiger partial charge in [-0.2, -0.15) is 4.31 Å². The van der Waals surface area contributed by atoms with Crippen LogP contribution in [-0.4, -0.2) is 43.9 Å². The molecule has 0 aliphatic carbocycles. The van der Waals surface area contributed by atoms with Gasteiger partial charge in [0, 0.05) is 47.2 Å². The minimum Gasteiger partial charge on any atom is -0.345 e. The Balaban J connectivity index is 1.46. The predicted octanol–water partition coefficient (Wildman–Crippen LogP) is 4.94. The van der Waals surface area contributed by atoms with E-state index in [1.54, 1.807) is 22.5 Å². The topological polar surface area (TPSA) is 53.5 Å². The maximum atomic E-state index is 12.9. The molecule has 1 fully saturated rings. The highest BCUT2D eigenvalue weighted by Crippen LogP contribution is 2.32. The molecule has 0 saturated carbocycles. The average Bonchev–Trinajstić information content (AvgIpc) is 3.18. The zero-order chi connectivity index (χ0) is 20.6. The van der Waals surface area contributed by atoms with E-state index in [0.717, 1.165) is 22.0 Å². The number of hydrogen-bond acceptors (Lipinski definition) is 5. The Labute approximate surface area is 184 Å². The van der Waals surface area contributed by atoms with Crippen LogP contribution in [0.4, 0.5) is 5.13 Å². The van der Waals surface area contributed by atoms with Crippen LogP contribution < -0.4 is 4.90 Å². The van der Waals surface area contributed by atoms with Crippen LogP contribution in [0.25, 0.3) is 11.3 Å². The van der Waals surface area contributed by atoms with Crippen molar-refractivity contribution in [3.8, 4) is 11.3 Å². The number of halogens is 2. The van der Waals surface area contributed by atoms with Gasteiger partial charge in [0.2, 0.25) is 10.0 Å². The van der Waals surface area contributed by atoms with Gasteiger partial charge in [-0.1, -0.05) is 40.9 Å². The van der Waals surface area contributed by atoms with Crippen LogP contribution in [0.3, 0.4) is 0 Å². The Bertz CT molecular complexity index is 1100. The van der Waals surface area contributed by atoms with Gasteiger partial charge >= 0.3 is 0 Å². The van der Waals surface area contributed by atoms with Gasteiger partial charge in [-0.25, -0.2) is 13.4 Å². The summed E-state index contributed by atoms with van der Waals surface area (Å²) in [6.45, 7) is 3.97. The van der Waals surface area contributed by atoms with Gasteiger partial charge in [-0.05, 0) is 37.3 Å². The first-order valence-electron chi connectivity index (χ1n) is 9.07. The van der Waals surface area contributed by atoms with Crippen molar-refractivity contribution in [3.63, 3.8) is 0 Å². The number of thiazole rings is 1. The first kappa shape index (κ1) is 20.6. The SMILES string of the molecule is Cc1ccc(S(=O)(=O)N2CCN(c3nc(-c4cc(Cl)cc(Cl)c4)cs3)CC2)cc1. The van der Waals surface area contributed by atoms with Crippen molar-refractivity contribution in [2.75, 3.05) is 31.1 Å². The Morgan fingerprint density at radius 1 is 0.966 bits per heavy atom. The van der Waals surface area contributed by atoms with Gasteiger partial charge in [-0.15, -0.1) is 11.3 Å². The monoisotopic (exact) mass is 467 g/mol. The Hall–Kier alpha value is -1.64. The van der Waals surface area contributed by atoms with Crippen LogP contribution in [0.2, 0.25) is 10.0 Å². The van der Waals surface area contributed by atoms with E-state index < -0.39 is 10.0 Å². The van der Waals surface area contributed by atoms with Crippen LogP contribution in [0, 0.1) is 6.92 Å². The van der Waals surface area contributed by atoms with Crippen molar-refractivity contribution in [3.05, 3.63) is 63.5 Å². The fourth-order valence-electron chi connectivity index (χ4n) is 3.22. The average molecular weight is 468 g/mol. The lowest BCUT2D eigenvalue weighted by Crippen LogP contribution is -2.48. The molecule has 0 spiro atoms. The molecule has 152 valence electrons. The Morgan fingerprint density at radius 3 is 2.21 bits per heavy atom. The smallest absolute Gasteiger partial charge is 0.243 e. The van der Waals surface area contributed by atoms with E-state index in [1.165, 1.54) is 11.3 Å². The Kier molecular flexibility index (Phi) is 5.86. The second-order valence-corrected chi connectivity index (χ2v) is 10.5. The summed E-state index contributed by atoms with van der Waals surface area (Å²) in [7, 11) is -3.47. The maximum absolute atomic E-state index is 12.9. The fourth-order valence-corrected chi connectivity index (χ4v) is 6.06. The van der Waals surface area contributed by atoms with Crippen molar-refractivity contribution < 1.29 is 8.42 Å². The number of aryl methyl sites for hydroxylation is 1. The highest BCUT2D eigenvalue weighted by Gasteiger charge is 2.29. The lowest BCUT2D eigenvalue weighted by Gasteiger charge is -2.33. The summed E-state index contributed by atoms with van der Waals surface area (Å²) in [4.78, 5) is 7.15. The molecule has 0 unspecified atom stereocenters. The third-order valence-electron chi connectivity index (χ3n) is 4.82. The van der Waals surface area contributed by atoms with E-state index in [9.17, 15) is 8.42 Å². The summed E-state index contributed by atoms with van der Waals surface area (Å²) in [5, 5.41) is 3.96. The van der Waals surface area contributed by atoms with Crippen molar-refractivity contribution in [2.24, 2.45) is 0 Å². The molecule has 1 aliphatic heterocycles. The highest BCUT2D eigenvalue weighted by atomic mass is 35.5. The molecule has 0 amide bonds. The molecule has 0 atom stereocenters. The van der Waals surface area contributed by atoms with E-state index in [4.69, 9.17) is 28.2 Å². The van der Waals surface area contributed by atoms with E-state index in [-0.39, 0.29) is 0 Å². The molecule has 1 aromatic heterocycles. The van der Waals surface area contributed by atoms with Crippen LogP contribution in [0.5, 0.6) is 0 Å². The van der Waals surface area contributed by atoms with Gasteiger partial charge in [0.25, 0.3) is 0 Å². The van der Waals surface area contributed by atoms with E-state index in [0.29, 0.717) is 41.1 Å². The number of anilines is 1. The molecule has 0 radical (unpaired) electrons. The second kappa shape index (κ2) is 8.24. The number of aromatic nitrogens is 1. The van der Waals surface area contributed by atoms with Crippen LogP contribution in [-0.2, 0) is 10.0 Å². The molecule has 0 bridgehead atoms. The minimum atomic E-state index is -3.47. The van der Waals surface area contributed by atoms with Gasteiger partial charge in [0.05, 0.1) is 10.6 Å². The molecule has 5 nitrogen and oxygen atoms in total. The normalized spacial score (nSPS) is 15.6. The molecule has 1 saturated heterocycles. The molecule has 29 heavy (non-hydrogen) atoms. The van der Waals surface area contributed by atoms with Gasteiger partial charge < -0.3 is 4.90 Å². The standard InChI is InChI=1S/C20H19Cl2N3O2S2/c1-14-2-4-18(5-3-14)29(26,27)25-8-6-24(7-9-25)20-23-19(13-28-20)15-10-16(21)12-17(22)11-15/h2-5,10-13H,6-9H2,1H3. The van der Waals surface area contributed by atoms with Crippen molar-refractivity contribution >= 4 is 49.7 Å². The molecule has 3 aromatic rings. The molecular formula is C20H19Cl2N3O2S2. The summed E-state index contributed by atoms with van der Waals surface area (Å²) in [6.07, 6.45) is 0. The quantitative estimate of drug-likeness (QED) is 0.545. The van der Waals surface area contributed by atoms with Crippen molar-refractivity contribution in [2.45, 2.75) is 11.8 Å². The van der Waals surface area contributed by atoms with Crippen LogP contribution in [0.15, 0.2) is 52.7 Å². The number of hydrogen-bond donors (Lipinski definition) is 0. The molecular weight excluding hydrogens is 449 g/mol. The van der Waals surface area contributed by atoms with E-state index in [1.807, 2.05) is 36.6 Å². The Morgan fingerprint density at radius 2 is 1.59 bits per heavy atom. The van der Waals surface area contributed by atoms with Crippen LogP contribution in [0.1, 0.15) is 5.56 Å². The molecule has 0 N–H and O–H groups in total. The number of benzene rings is 2. The first-order chi connectivity index (χ1) is 13.8. The summed E-state index contributed by atoms with van der Waals surface area (Å²) in [6, 6.07) is 12.3. The zero-order valence-corrected chi connectivity index (χ0v) is 18.8. The van der Waals surface area contributed by atoms with E-state index in [2.05, 4.69) is 4.90 Å². The lowest BCUT2D eigenvalue weighted by molar-refractivity contribution is 0.385. The number of piperazine rings is 1. The molecule has 4 rings (SSSR count). The number of nitrogens with zero attached hydrogens (tertiary/aromatic N) is 3. The molecule has 2 heterocycles. The van der Waals surface area contributed by atoms with Crippen molar-refractivity contribution in [1.29, 1.82) is 0 Å². The zero-order valence-electron chi connectivity index (χ0n) is 15.7. The van der Waals surface area contributed by atoms with Gasteiger partial charge in [0.15, 0.2) is 5.13 Å². The molecule has 2 aromatic carbocycles.